The van der Waals surface area contributed by atoms with Gasteiger partial charge in [0.1, 0.15) is 5.82 Å². The van der Waals surface area contributed by atoms with Crippen molar-refractivity contribution in [3.63, 3.8) is 0 Å². The van der Waals surface area contributed by atoms with E-state index in [2.05, 4.69) is 27.6 Å². The number of nitrogens with one attached hydrogen (secondary N) is 2. The van der Waals surface area contributed by atoms with E-state index in [9.17, 15) is 4.39 Å². The third kappa shape index (κ3) is 9.42. The summed E-state index contributed by atoms with van der Waals surface area (Å²) in [6.07, 6.45) is 5.74. The minimum absolute atomic E-state index is 0. The summed E-state index contributed by atoms with van der Waals surface area (Å²) in [4.78, 5) is 5.68. The Bertz CT molecular complexity index is 619. The van der Waals surface area contributed by atoms with Gasteiger partial charge in [0.15, 0.2) is 5.96 Å². The van der Waals surface area contributed by atoms with Crippen LogP contribution >= 0.6 is 35.7 Å². The summed E-state index contributed by atoms with van der Waals surface area (Å²) in [5.74, 6) is 1.63. The van der Waals surface area contributed by atoms with Crippen LogP contribution in [0.4, 0.5) is 4.39 Å². The minimum Gasteiger partial charge on any atom is -0.357 e. The number of aryl methyl sites for hydroxylation is 1. The van der Waals surface area contributed by atoms with Crippen LogP contribution < -0.4 is 10.6 Å². The molecule has 2 rings (SSSR count). The number of halogens is 2. The highest BCUT2D eigenvalue weighted by molar-refractivity contribution is 14.0. The molecular formula is C18H27FIN5S. The van der Waals surface area contributed by atoms with Crippen LogP contribution in [0, 0.1) is 5.82 Å². The fourth-order valence-electron chi connectivity index (χ4n) is 2.20. The molecule has 1 heterocycles. The normalized spacial score (nSPS) is 11.1. The molecule has 144 valence electrons. The van der Waals surface area contributed by atoms with E-state index in [0.29, 0.717) is 0 Å². The Balaban J connectivity index is 0.00000338. The summed E-state index contributed by atoms with van der Waals surface area (Å²) < 4.78 is 14.8. The van der Waals surface area contributed by atoms with Crippen LogP contribution in [0.5, 0.6) is 0 Å². The van der Waals surface area contributed by atoms with Crippen molar-refractivity contribution in [2.75, 3.05) is 25.4 Å². The van der Waals surface area contributed by atoms with Gasteiger partial charge in [-0.15, -0.1) is 35.7 Å². The lowest BCUT2D eigenvalue weighted by Gasteiger charge is -2.11. The molecule has 0 aliphatic rings. The number of aromatic nitrogens is 2. The van der Waals surface area contributed by atoms with Gasteiger partial charge in [-0.05, 0) is 55.9 Å². The molecule has 0 saturated heterocycles. The first-order valence-electron chi connectivity index (χ1n) is 8.66. The Hall–Kier alpha value is -1.29. The second-order valence-electron chi connectivity index (χ2n) is 5.47. The average Bonchev–Trinajstić information content (AvgIpc) is 3.13. The molecule has 0 radical (unpaired) electrons. The number of benzene rings is 1. The van der Waals surface area contributed by atoms with Gasteiger partial charge in [0, 0.05) is 43.5 Å². The average molecular weight is 491 g/mol. The first-order chi connectivity index (χ1) is 12.3. The van der Waals surface area contributed by atoms with E-state index < -0.39 is 0 Å². The fraction of sp³-hybridized carbons (Fsp3) is 0.444. The Labute approximate surface area is 176 Å². The van der Waals surface area contributed by atoms with E-state index in [1.54, 1.807) is 18.0 Å². The van der Waals surface area contributed by atoms with Gasteiger partial charge < -0.3 is 10.6 Å². The number of aliphatic imine (C=N–C) groups is 1. The molecule has 1 aromatic carbocycles. The molecule has 8 heteroatoms. The molecule has 5 nitrogen and oxygen atoms in total. The van der Waals surface area contributed by atoms with E-state index in [0.717, 1.165) is 55.6 Å². The Morgan fingerprint density at radius 3 is 2.73 bits per heavy atom. The lowest BCUT2D eigenvalue weighted by Crippen LogP contribution is -2.38. The summed E-state index contributed by atoms with van der Waals surface area (Å²) in [6.45, 7) is 5.42. The second kappa shape index (κ2) is 13.9. The van der Waals surface area contributed by atoms with Gasteiger partial charge in [-0.3, -0.25) is 9.67 Å². The molecule has 2 aromatic rings. The van der Waals surface area contributed by atoms with Crippen molar-refractivity contribution in [3.8, 4) is 0 Å². The second-order valence-corrected chi connectivity index (χ2v) is 6.63. The maximum atomic E-state index is 12.9. The van der Waals surface area contributed by atoms with Crippen molar-refractivity contribution >= 4 is 41.7 Å². The molecule has 0 aliphatic heterocycles. The largest absolute Gasteiger partial charge is 0.357 e. The number of rotatable bonds is 10. The lowest BCUT2D eigenvalue weighted by atomic mass is 10.4. The molecule has 0 unspecified atom stereocenters. The smallest absolute Gasteiger partial charge is 0.191 e. The van der Waals surface area contributed by atoms with Crippen LogP contribution in [0.2, 0.25) is 0 Å². The minimum atomic E-state index is -0.192. The standard InChI is InChI=1S/C18H26FN5S.HI/c1-2-20-18(21-10-3-13-24-14-4-12-23-24)22-11-5-15-25-17-8-6-16(19)7-9-17;/h4,6-9,12,14H,2-3,5,10-11,13,15H2,1H3,(H2,20,21,22);1H. The molecule has 26 heavy (non-hydrogen) atoms. The van der Waals surface area contributed by atoms with E-state index >= 15 is 0 Å². The van der Waals surface area contributed by atoms with Gasteiger partial charge in [0.05, 0.1) is 0 Å². The number of guanidine groups is 1. The molecular weight excluding hydrogens is 464 g/mol. The van der Waals surface area contributed by atoms with Crippen molar-refractivity contribution in [3.05, 3.63) is 48.5 Å². The monoisotopic (exact) mass is 491 g/mol. The summed E-state index contributed by atoms with van der Waals surface area (Å²) >= 11 is 1.73. The van der Waals surface area contributed by atoms with Crippen LogP contribution in [0.3, 0.4) is 0 Å². The Morgan fingerprint density at radius 1 is 1.23 bits per heavy atom. The third-order valence-corrected chi connectivity index (χ3v) is 4.51. The topological polar surface area (TPSA) is 54.2 Å². The maximum Gasteiger partial charge on any atom is 0.191 e. The predicted molar refractivity (Wildman–Crippen MR) is 118 cm³/mol. The number of hydrogen-bond donors (Lipinski definition) is 2. The molecule has 0 amide bonds. The zero-order chi connectivity index (χ0) is 17.7. The van der Waals surface area contributed by atoms with Crippen molar-refractivity contribution in [1.82, 2.24) is 20.4 Å². The van der Waals surface area contributed by atoms with E-state index in [1.807, 2.05) is 29.1 Å². The SMILES string of the molecule is CCNC(=NCCCSc1ccc(F)cc1)NCCCn1cccn1.I. The molecule has 0 saturated carbocycles. The summed E-state index contributed by atoms with van der Waals surface area (Å²) in [6, 6.07) is 8.56. The lowest BCUT2D eigenvalue weighted by molar-refractivity contribution is 0.570. The predicted octanol–water partition coefficient (Wildman–Crippen LogP) is 3.77. The quantitative estimate of drug-likeness (QED) is 0.175. The maximum absolute atomic E-state index is 12.9. The first kappa shape index (κ1) is 22.8. The molecule has 0 aliphatic carbocycles. The highest BCUT2D eigenvalue weighted by Gasteiger charge is 1.98. The van der Waals surface area contributed by atoms with Crippen LogP contribution in [-0.2, 0) is 6.54 Å². The van der Waals surface area contributed by atoms with Crippen molar-refractivity contribution in [2.24, 2.45) is 4.99 Å². The van der Waals surface area contributed by atoms with E-state index in [1.165, 1.54) is 12.1 Å². The van der Waals surface area contributed by atoms with Gasteiger partial charge in [-0.25, -0.2) is 4.39 Å². The van der Waals surface area contributed by atoms with Crippen molar-refractivity contribution in [1.29, 1.82) is 0 Å². The van der Waals surface area contributed by atoms with Gasteiger partial charge in [-0.1, -0.05) is 0 Å². The van der Waals surface area contributed by atoms with E-state index in [-0.39, 0.29) is 29.8 Å². The summed E-state index contributed by atoms with van der Waals surface area (Å²) in [5, 5.41) is 10.8. The van der Waals surface area contributed by atoms with Gasteiger partial charge in [0.2, 0.25) is 0 Å². The Morgan fingerprint density at radius 2 is 2.04 bits per heavy atom. The van der Waals surface area contributed by atoms with Crippen LogP contribution in [0.1, 0.15) is 19.8 Å². The highest BCUT2D eigenvalue weighted by Crippen LogP contribution is 2.18. The van der Waals surface area contributed by atoms with Gasteiger partial charge >= 0.3 is 0 Å². The number of hydrogen-bond acceptors (Lipinski definition) is 3. The molecule has 0 spiro atoms. The molecule has 0 bridgehead atoms. The van der Waals surface area contributed by atoms with Gasteiger partial charge in [-0.2, -0.15) is 5.10 Å². The molecule has 2 N–H and O–H groups in total. The fourth-order valence-corrected chi connectivity index (χ4v) is 3.04. The number of nitrogens with zero attached hydrogens (tertiary/aromatic N) is 3. The first-order valence-corrected chi connectivity index (χ1v) is 9.64. The zero-order valence-corrected chi connectivity index (χ0v) is 18.2. The summed E-state index contributed by atoms with van der Waals surface area (Å²) in [5.41, 5.74) is 0. The van der Waals surface area contributed by atoms with Gasteiger partial charge in [0.25, 0.3) is 0 Å². The van der Waals surface area contributed by atoms with Crippen molar-refractivity contribution in [2.45, 2.75) is 31.2 Å². The van der Waals surface area contributed by atoms with E-state index in [4.69, 9.17) is 0 Å². The third-order valence-electron chi connectivity index (χ3n) is 3.41. The molecule has 0 atom stereocenters. The highest BCUT2D eigenvalue weighted by atomic mass is 127. The van der Waals surface area contributed by atoms with Crippen LogP contribution in [0.25, 0.3) is 0 Å². The zero-order valence-electron chi connectivity index (χ0n) is 15.0. The molecule has 1 aromatic heterocycles. The van der Waals surface area contributed by atoms with Crippen molar-refractivity contribution < 1.29 is 4.39 Å². The summed E-state index contributed by atoms with van der Waals surface area (Å²) in [7, 11) is 0. The molecule has 0 fully saturated rings. The van der Waals surface area contributed by atoms with Crippen LogP contribution in [-0.4, -0.2) is 41.1 Å². The Kier molecular flexibility index (Phi) is 12.1. The number of thioether (sulfide) groups is 1. The van der Waals surface area contributed by atoms with Crippen LogP contribution in [0.15, 0.2) is 52.6 Å².